The molecule has 1 heterocycles. The second-order valence-corrected chi connectivity index (χ2v) is 5.65. The molecule has 2 amide bonds. The van der Waals surface area contributed by atoms with Crippen LogP contribution in [-0.2, 0) is 11.2 Å². The van der Waals surface area contributed by atoms with Crippen LogP contribution < -0.4 is 15.5 Å². The molecule has 2 rings (SSSR count). The van der Waals surface area contributed by atoms with Crippen LogP contribution in [0.25, 0.3) is 0 Å². The Hall–Kier alpha value is -3.22. The summed E-state index contributed by atoms with van der Waals surface area (Å²) in [5, 5.41) is 6.78. The molecule has 0 spiro atoms. The lowest BCUT2D eigenvalue weighted by molar-refractivity contribution is -0.119. The van der Waals surface area contributed by atoms with Crippen molar-refractivity contribution in [3.63, 3.8) is 0 Å². The number of amides is 2. The van der Waals surface area contributed by atoms with Crippen LogP contribution >= 0.6 is 0 Å². The van der Waals surface area contributed by atoms with Gasteiger partial charge in [-0.15, -0.1) is 0 Å². The number of rotatable bonds is 8. The molecule has 0 aliphatic rings. The number of hydrogen-bond donors (Lipinski definition) is 2. The molecule has 1 aromatic carbocycles. The number of methoxy groups -OCH3 is 1. The average molecular weight is 354 g/mol. The SMILES string of the molecule is COc1ccc(CCNC(=O)C/C(C)=N/NC(=O)c2cccnc2)cc1. The van der Waals surface area contributed by atoms with E-state index in [-0.39, 0.29) is 18.2 Å². The number of hydrazone groups is 1. The third-order valence-electron chi connectivity index (χ3n) is 3.58. The van der Waals surface area contributed by atoms with Gasteiger partial charge in [0.2, 0.25) is 5.91 Å². The zero-order valence-corrected chi connectivity index (χ0v) is 14.9. The molecule has 0 aliphatic carbocycles. The smallest absolute Gasteiger partial charge is 0.272 e. The number of carbonyl (C=O) groups is 2. The predicted octanol–water partition coefficient (Wildman–Crippen LogP) is 1.94. The van der Waals surface area contributed by atoms with Gasteiger partial charge in [0.15, 0.2) is 0 Å². The van der Waals surface area contributed by atoms with E-state index in [1.807, 2.05) is 24.3 Å². The van der Waals surface area contributed by atoms with Gasteiger partial charge in [-0.25, -0.2) is 5.43 Å². The van der Waals surface area contributed by atoms with Crippen molar-refractivity contribution in [1.82, 2.24) is 15.7 Å². The van der Waals surface area contributed by atoms with Crippen molar-refractivity contribution in [2.75, 3.05) is 13.7 Å². The molecule has 0 aliphatic heterocycles. The molecular weight excluding hydrogens is 332 g/mol. The monoisotopic (exact) mass is 354 g/mol. The summed E-state index contributed by atoms with van der Waals surface area (Å²) in [5.41, 5.74) is 4.45. The van der Waals surface area contributed by atoms with E-state index in [9.17, 15) is 9.59 Å². The van der Waals surface area contributed by atoms with E-state index in [2.05, 4.69) is 20.8 Å². The van der Waals surface area contributed by atoms with Gasteiger partial charge in [0.25, 0.3) is 5.91 Å². The lowest BCUT2D eigenvalue weighted by Gasteiger charge is -2.06. The summed E-state index contributed by atoms with van der Waals surface area (Å²) in [6, 6.07) is 11.0. The van der Waals surface area contributed by atoms with Crippen molar-refractivity contribution in [1.29, 1.82) is 0 Å². The Morgan fingerprint density at radius 3 is 2.62 bits per heavy atom. The molecule has 0 bridgehead atoms. The normalized spacial score (nSPS) is 10.9. The number of carbonyl (C=O) groups excluding carboxylic acids is 2. The van der Waals surface area contributed by atoms with Crippen LogP contribution in [0.2, 0.25) is 0 Å². The summed E-state index contributed by atoms with van der Waals surface area (Å²) < 4.78 is 5.11. The van der Waals surface area contributed by atoms with E-state index in [1.54, 1.807) is 32.4 Å². The highest BCUT2D eigenvalue weighted by molar-refractivity contribution is 6.01. The van der Waals surface area contributed by atoms with E-state index in [1.165, 1.54) is 6.20 Å². The maximum atomic E-state index is 11.9. The molecule has 7 heteroatoms. The van der Waals surface area contributed by atoms with Gasteiger partial charge in [0.05, 0.1) is 19.1 Å². The first kappa shape index (κ1) is 19.1. The molecular formula is C19H22N4O3. The summed E-state index contributed by atoms with van der Waals surface area (Å²) in [7, 11) is 1.62. The molecule has 7 nitrogen and oxygen atoms in total. The van der Waals surface area contributed by atoms with Gasteiger partial charge in [-0.3, -0.25) is 14.6 Å². The summed E-state index contributed by atoms with van der Waals surface area (Å²) in [5.74, 6) is 0.297. The highest BCUT2D eigenvalue weighted by Gasteiger charge is 2.06. The topological polar surface area (TPSA) is 92.7 Å². The maximum Gasteiger partial charge on any atom is 0.272 e. The van der Waals surface area contributed by atoms with Crippen molar-refractivity contribution in [2.45, 2.75) is 19.8 Å². The number of nitrogens with one attached hydrogen (secondary N) is 2. The van der Waals surface area contributed by atoms with Crippen molar-refractivity contribution in [2.24, 2.45) is 5.10 Å². The van der Waals surface area contributed by atoms with E-state index >= 15 is 0 Å². The predicted molar refractivity (Wildman–Crippen MR) is 99.1 cm³/mol. The molecule has 2 aromatic rings. The van der Waals surface area contributed by atoms with Gasteiger partial charge < -0.3 is 10.1 Å². The Labute approximate surface area is 152 Å². The number of ether oxygens (including phenoxy) is 1. The Morgan fingerprint density at radius 2 is 1.96 bits per heavy atom. The minimum Gasteiger partial charge on any atom is -0.497 e. The molecule has 26 heavy (non-hydrogen) atoms. The fourth-order valence-corrected chi connectivity index (χ4v) is 2.18. The summed E-state index contributed by atoms with van der Waals surface area (Å²) in [4.78, 5) is 27.6. The first-order valence-electron chi connectivity index (χ1n) is 8.21. The molecule has 0 saturated carbocycles. The van der Waals surface area contributed by atoms with Crippen molar-refractivity contribution < 1.29 is 14.3 Å². The van der Waals surface area contributed by atoms with Crippen LogP contribution in [0, 0.1) is 0 Å². The largest absolute Gasteiger partial charge is 0.497 e. The van der Waals surface area contributed by atoms with Gasteiger partial charge in [-0.1, -0.05) is 12.1 Å². The zero-order valence-electron chi connectivity index (χ0n) is 14.9. The van der Waals surface area contributed by atoms with E-state index in [4.69, 9.17) is 4.74 Å². The number of benzene rings is 1. The van der Waals surface area contributed by atoms with Crippen LogP contribution in [0.5, 0.6) is 5.75 Å². The average Bonchev–Trinajstić information content (AvgIpc) is 2.67. The lowest BCUT2D eigenvalue weighted by atomic mass is 10.1. The van der Waals surface area contributed by atoms with E-state index in [0.29, 0.717) is 17.8 Å². The third-order valence-corrected chi connectivity index (χ3v) is 3.58. The fourth-order valence-electron chi connectivity index (χ4n) is 2.18. The fraction of sp³-hybridized carbons (Fsp3) is 0.263. The molecule has 1 aromatic heterocycles. The Morgan fingerprint density at radius 1 is 1.19 bits per heavy atom. The highest BCUT2D eigenvalue weighted by atomic mass is 16.5. The van der Waals surface area contributed by atoms with Crippen molar-refractivity contribution in [3.05, 3.63) is 59.9 Å². The minimum atomic E-state index is -0.364. The highest BCUT2D eigenvalue weighted by Crippen LogP contribution is 2.11. The van der Waals surface area contributed by atoms with Crippen LogP contribution in [0.15, 0.2) is 53.9 Å². The molecule has 0 radical (unpaired) electrons. The lowest BCUT2D eigenvalue weighted by Crippen LogP contribution is -2.28. The van der Waals surface area contributed by atoms with Gasteiger partial charge in [0.1, 0.15) is 5.75 Å². The third kappa shape index (κ3) is 6.35. The van der Waals surface area contributed by atoms with Crippen LogP contribution in [0.3, 0.4) is 0 Å². The first-order valence-corrected chi connectivity index (χ1v) is 8.21. The molecule has 2 N–H and O–H groups in total. The van der Waals surface area contributed by atoms with Crippen molar-refractivity contribution in [3.8, 4) is 5.75 Å². The Balaban J connectivity index is 1.71. The number of nitrogens with zero attached hydrogens (tertiary/aromatic N) is 2. The molecule has 0 atom stereocenters. The van der Waals surface area contributed by atoms with E-state index in [0.717, 1.165) is 17.7 Å². The number of hydrogen-bond acceptors (Lipinski definition) is 5. The molecule has 0 saturated heterocycles. The van der Waals surface area contributed by atoms with Crippen molar-refractivity contribution >= 4 is 17.5 Å². The maximum absolute atomic E-state index is 11.9. The van der Waals surface area contributed by atoms with E-state index < -0.39 is 0 Å². The Bertz CT molecular complexity index is 758. The second-order valence-electron chi connectivity index (χ2n) is 5.65. The van der Waals surface area contributed by atoms with Gasteiger partial charge in [0, 0.05) is 24.7 Å². The minimum absolute atomic E-state index is 0.121. The Kier molecular flexibility index (Phi) is 7.30. The summed E-state index contributed by atoms with van der Waals surface area (Å²) in [6.45, 7) is 2.22. The second kappa shape index (κ2) is 9.93. The summed E-state index contributed by atoms with van der Waals surface area (Å²) >= 11 is 0. The zero-order chi connectivity index (χ0) is 18.8. The van der Waals surface area contributed by atoms with Crippen LogP contribution in [-0.4, -0.2) is 36.2 Å². The number of pyridine rings is 1. The van der Waals surface area contributed by atoms with Gasteiger partial charge >= 0.3 is 0 Å². The number of aromatic nitrogens is 1. The van der Waals surface area contributed by atoms with Gasteiger partial charge in [-0.2, -0.15) is 5.10 Å². The van der Waals surface area contributed by atoms with Gasteiger partial charge in [-0.05, 0) is 43.2 Å². The van der Waals surface area contributed by atoms with Crippen LogP contribution in [0.4, 0.5) is 0 Å². The quantitative estimate of drug-likeness (QED) is 0.560. The van der Waals surface area contributed by atoms with Crippen LogP contribution in [0.1, 0.15) is 29.3 Å². The molecule has 136 valence electrons. The first-order chi connectivity index (χ1) is 12.6. The molecule has 0 fully saturated rings. The summed E-state index contributed by atoms with van der Waals surface area (Å²) in [6.07, 6.45) is 3.88. The molecule has 0 unspecified atom stereocenters. The standard InChI is InChI=1S/C19H22N4O3/c1-14(22-23-19(25)16-4-3-10-20-13-16)12-18(24)21-11-9-15-5-7-17(26-2)8-6-15/h3-8,10,13H,9,11-12H2,1-2H3,(H,21,24)(H,23,25)/b22-14+.